The molecule has 142 valence electrons. The minimum atomic E-state index is -0.157. The Hall–Kier alpha value is -2.37. The molecular weight excluding hydrogens is 338 g/mol. The number of nitrogens with zero attached hydrogens (tertiary/aromatic N) is 4. The van der Waals surface area contributed by atoms with Crippen molar-refractivity contribution < 1.29 is 4.79 Å². The van der Waals surface area contributed by atoms with Crippen LogP contribution in [0.3, 0.4) is 0 Å². The average molecular weight is 365 g/mol. The molecule has 4 saturated carbocycles. The van der Waals surface area contributed by atoms with Gasteiger partial charge in [-0.05, 0) is 69.3 Å². The minimum Gasteiger partial charge on any atom is -0.306 e. The maximum Gasteiger partial charge on any atom is 0.249 e. The third kappa shape index (κ3) is 3.11. The van der Waals surface area contributed by atoms with Crippen LogP contribution in [-0.2, 0) is 16.9 Å². The molecule has 6 heteroatoms. The van der Waals surface area contributed by atoms with E-state index in [1.807, 2.05) is 23.9 Å². The van der Waals surface area contributed by atoms with E-state index in [2.05, 4.69) is 21.3 Å². The first kappa shape index (κ1) is 16.8. The summed E-state index contributed by atoms with van der Waals surface area (Å²) >= 11 is 0. The molecule has 2 heterocycles. The molecule has 4 aliphatic rings. The molecule has 4 bridgehead atoms. The van der Waals surface area contributed by atoms with E-state index in [0.717, 1.165) is 29.9 Å². The van der Waals surface area contributed by atoms with Crippen molar-refractivity contribution in [3.63, 3.8) is 0 Å². The second kappa shape index (κ2) is 6.36. The Morgan fingerprint density at radius 3 is 2.59 bits per heavy atom. The molecule has 1 N–H and O–H groups in total. The summed E-state index contributed by atoms with van der Waals surface area (Å²) in [5.41, 5.74) is 1.12. The Morgan fingerprint density at radius 1 is 1.26 bits per heavy atom. The molecule has 4 aliphatic carbocycles. The number of carbonyl (C=O) groups excluding carboxylic acids is 1. The Kier molecular flexibility index (Phi) is 3.95. The second-order valence-corrected chi connectivity index (χ2v) is 8.74. The first-order valence-corrected chi connectivity index (χ1v) is 10.2. The maximum absolute atomic E-state index is 12.2. The summed E-state index contributed by atoms with van der Waals surface area (Å²) in [5, 5.41) is 11.9. The summed E-state index contributed by atoms with van der Waals surface area (Å²) in [7, 11) is 0. The van der Waals surface area contributed by atoms with Crippen molar-refractivity contribution in [3.05, 3.63) is 36.3 Å². The van der Waals surface area contributed by atoms with Gasteiger partial charge in [0.2, 0.25) is 5.91 Å². The molecule has 0 spiro atoms. The number of hydrogen-bond donors (Lipinski definition) is 1. The van der Waals surface area contributed by atoms with Gasteiger partial charge in [-0.2, -0.15) is 10.2 Å². The molecule has 2 aromatic heterocycles. The molecule has 0 saturated heterocycles. The lowest BCUT2D eigenvalue weighted by Gasteiger charge is -2.56. The Balaban J connectivity index is 1.26. The zero-order valence-corrected chi connectivity index (χ0v) is 15.8. The van der Waals surface area contributed by atoms with Crippen LogP contribution in [-0.4, -0.2) is 25.5 Å². The number of anilines is 1. The zero-order chi connectivity index (χ0) is 18.4. The van der Waals surface area contributed by atoms with E-state index in [0.29, 0.717) is 5.82 Å². The summed E-state index contributed by atoms with van der Waals surface area (Å²) in [6.45, 7) is 2.86. The minimum absolute atomic E-state index is 0.157. The summed E-state index contributed by atoms with van der Waals surface area (Å²) in [4.78, 5) is 12.2. The normalized spacial score (nSPS) is 31.7. The van der Waals surface area contributed by atoms with Crippen LogP contribution in [0.25, 0.3) is 6.08 Å². The average Bonchev–Trinajstić information content (AvgIpc) is 3.28. The molecule has 2 aromatic rings. The van der Waals surface area contributed by atoms with Crippen LogP contribution in [0.4, 0.5) is 5.82 Å². The van der Waals surface area contributed by atoms with Gasteiger partial charge in [-0.1, -0.05) is 0 Å². The largest absolute Gasteiger partial charge is 0.306 e. The van der Waals surface area contributed by atoms with E-state index in [4.69, 9.17) is 5.10 Å². The number of hydrogen-bond acceptors (Lipinski definition) is 3. The molecule has 0 aromatic carbocycles. The predicted octanol–water partition coefficient (Wildman–Crippen LogP) is 3.68. The topological polar surface area (TPSA) is 64.7 Å². The number of carbonyl (C=O) groups is 1. The number of nitrogens with one attached hydrogen (secondary N) is 1. The van der Waals surface area contributed by atoms with Crippen molar-refractivity contribution >= 4 is 17.8 Å². The highest BCUT2D eigenvalue weighted by atomic mass is 16.1. The molecular formula is C21H27N5O. The quantitative estimate of drug-likeness (QED) is 0.822. The SMILES string of the molecule is CCn1cc(/C=C\C(=O)Nc2ccn(C34CC5CC(CC(C5)C3)C4)n2)cn1. The van der Waals surface area contributed by atoms with Gasteiger partial charge in [0.1, 0.15) is 0 Å². The van der Waals surface area contributed by atoms with E-state index < -0.39 is 0 Å². The third-order valence-electron chi connectivity index (χ3n) is 6.74. The van der Waals surface area contributed by atoms with Gasteiger partial charge in [0.15, 0.2) is 5.82 Å². The molecule has 0 radical (unpaired) electrons. The van der Waals surface area contributed by atoms with Gasteiger partial charge in [-0.3, -0.25) is 14.2 Å². The Labute approximate surface area is 159 Å². The highest BCUT2D eigenvalue weighted by Gasteiger charge is 2.52. The summed E-state index contributed by atoms with van der Waals surface area (Å²) in [6.07, 6.45) is 17.1. The fraction of sp³-hybridized carbons (Fsp3) is 0.571. The number of aryl methyl sites for hydroxylation is 1. The lowest BCUT2D eigenvalue weighted by Crippen LogP contribution is -2.52. The van der Waals surface area contributed by atoms with Crippen LogP contribution in [0, 0.1) is 17.8 Å². The number of rotatable bonds is 5. The van der Waals surface area contributed by atoms with Gasteiger partial charge in [-0.15, -0.1) is 0 Å². The molecule has 6 rings (SSSR count). The van der Waals surface area contributed by atoms with Gasteiger partial charge in [0.05, 0.1) is 11.7 Å². The monoisotopic (exact) mass is 365 g/mol. The fourth-order valence-electron chi connectivity index (χ4n) is 5.98. The highest BCUT2D eigenvalue weighted by Crippen LogP contribution is 2.58. The van der Waals surface area contributed by atoms with E-state index >= 15 is 0 Å². The molecule has 0 aliphatic heterocycles. The van der Waals surface area contributed by atoms with Crippen LogP contribution in [0.5, 0.6) is 0 Å². The zero-order valence-electron chi connectivity index (χ0n) is 15.8. The predicted molar refractivity (Wildman–Crippen MR) is 104 cm³/mol. The lowest BCUT2D eigenvalue weighted by atomic mass is 9.53. The van der Waals surface area contributed by atoms with Crippen molar-refractivity contribution in [3.8, 4) is 0 Å². The summed E-state index contributed by atoms with van der Waals surface area (Å²) in [5.74, 6) is 3.13. The molecule has 27 heavy (non-hydrogen) atoms. The van der Waals surface area contributed by atoms with E-state index in [9.17, 15) is 4.79 Å². The molecule has 6 nitrogen and oxygen atoms in total. The van der Waals surface area contributed by atoms with Crippen molar-refractivity contribution in [2.45, 2.75) is 57.5 Å². The number of amides is 1. The van der Waals surface area contributed by atoms with E-state index in [1.54, 1.807) is 18.3 Å². The summed E-state index contributed by atoms with van der Waals surface area (Å²) in [6, 6.07) is 1.93. The van der Waals surface area contributed by atoms with Gasteiger partial charge < -0.3 is 5.32 Å². The second-order valence-electron chi connectivity index (χ2n) is 8.74. The maximum atomic E-state index is 12.2. The van der Waals surface area contributed by atoms with Crippen LogP contribution in [0.2, 0.25) is 0 Å². The molecule has 0 unspecified atom stereocenters. The van der Waals surface area contributed by atoms with Gasteiger partial charge in [-0.25, -0.2) is 0 Å². The first-order chi connectivity index (χ1) is 13.1. The van der Waals surface area contributed by atoms with Gasteiger partial charge in [0.25, 0.3) is 0 Å². The molecule has 0 atom stereocenters. The van der Waals surface area contributed by atoms with Crippen molar-refractivity contribution in [1.29, 1.82) is 0 Å². The molecule has 1 amide bonds. The fourth-order valence-corrected chi connectivity index (χ4v) is 5.98. The van der Waals surface area contributed by atoms with Gasteiger partial charge >= 0.3 is 0 Å². The highest BCUT2D eigenvalue weighted by molar-refractivity contribution is 6.01. The van der Waals surface area contributed by atoms with E-state index in [1.165, 1.54) is 38.5 Å². The lowest BCUT2D eigenvalue weighted by molar-refractivity contribution is -0.111. The van der Waals surface area contributed by atoms with Crippen molar-refractivity contribution in [1.82, 2.24) is 19.6 Å². The van der Waals surface area contributed by atoms with Crippen molar-refractivity contribution in [2.24, 2.45) is 17.8 Å². The van der Waals surface area contributed by atoms with E-state index in [-0.39, 0.29) is 11.4 Å². The molecule has 4 fully saturated rings. The van der Waals surface area contributed by atoms with Gasteiger partial charge in [0, 0.05) is 36.6 Å². The van der Waals surface area contributed by atoms with Crippen molar-refractivity contribution in [2.75, 3.05) is 5.32 Å². The third-order valence-corrected chi connectivity index (χ3v) is 6.74. The van der Waals surface area contributed by atoms with Crippen LogP contribution in [0.1, 0.15) is 51.0 Å². The van der Waals surface area contributed by atoms with Crippen LogP contribution < -0.4 is 5.32 Å². The first-order valence-electron chi connectivity index (χ1n) is 10.2. The summed E-state index contributed by atoms with van der Waals surface area (Å²) < 4.78 is 4.01. The van der Waals surface area contributed by atoms with Crippen LogP contribution in [0.15, 0.2) is 30.7 Å². The smallest absolute Gasteiger partial charge is 0.249 e. The van der Waals surface area contributed by atoms with Crippen LogP contribution >= 0.6 is 0 Å². The Bertz CT molecular complexity index is 841. The number of aromatic nitrogens is 4. The Morgan fingerprint density at radius 2 is 1.96 bits per heavy atom. The standard InChI is InChI=1S/C21H27N5O/c1-2-25-14-15(13-22-25)3-4-20(27)23-19-5-6-26(24-19)21-10-16-7-17(11-21)9-18(8-16)12-21/h3-6,13-14,16-18H,2,7-12H2,1H3,(H,23,24,27)/b4-3-.